The lowest BCUT2D eigenvalue weighted by Gasteiger charge is -2.23. The van der Waals surface area contributed by atoms with Gasteiger partial charge in [-0.3, -0.25) is 18.6 Å². The summed E-state index contributed by atoms with van der Waals surface area (Å²) >= 11 is 0. The lowest BCUT2D eigenvalue weighted by Crippen LogP contribution is -2.39. The molecule has 0 spiro atoms. The summed E-state index contributed by atoms with van der Waals surface area (Å²) in [6, 6.07) is 7.69. The second-order valence-corrected chi connectivity index (χ2v) is 10.6. The van der Waals surface area contributed by atoms with E-state index >= 15 is 4.39 Å². The zero-order valence-corrected chi connectivity index (χ0v) is 21.9. The molecule has 2 aliphatic heterocycles. The molecule has 5 aromatic rings. The number of fused-ring (bicyclic) bond motifs is 4. The summed E-state index contributed by atoms with van der Waals surface area (Å²) in [6.45, 7) is 0.278. The molecule has 1 aliphatic carbocycles. The van der Waals surface area contributed by atoms with E-state index in [-0.39, 0.29) is 30.2 Å². The van der Waals surface area contributed by atoms with E-state index < -0.39 is 12.1 Å². The highest BCUT2D eigenvalue weighted by Crippen LogP contribution is 2.44. The summed E-state index contributed by atoms with van der Waals surface area (Å²) in [7, 11) is 5.04. The summed E-state index contributed by atoms with van der Waals surface area (Å²) in [5, 5.41) is 7.43. The second kappa shape index (κ2) is 8.63. The van der Waals surface area contributed by atoms with Crippen LogP contribution < -0.4 is 11.0 Å². The van der Waals surface area contributed by atoms with E-state index in [0.717, 1.165) is 40.4 Å². The van der Waals surface area contributed by atoms with E-state index in [1.165, 1.54) is 4.68 Å². The molecule has 1 saturated carbocycles. The number of nitrogens with one attached hydrogen (secondary N) is 2. The van der Waals surface area contributed by atoms with E-state index in [1.807, 2.05) is 28.8 Å². The lowest BCUT2D eigenvalue weighted by atomic mass is 9.97. The van der Waals surface area contributed by atoms with Gasteiger partial charge in [-0.25, -0.2) is 9.78 Å². The molecule has 11 heteroatoms. The van der Waals surface area contributed by atoms with Gasteiger partial charge in [-0.15, -0.1) is 5.10 Å². The molecule has 1 fully saturated rings. The number of H-pyrrole nitrogens is 1. The zero-order valence-electron chi connectivity index (χ0n) is 21.9. The van der Waals surface area contributed by atoms with Crippen molar-refractivity contribution in [1.82, 2.24) is 34.2 Å². The maximum Gasteiger partial charge on any atom is 0.329 e. The Morgan fingerprint density at radius 1 is 1.21 bits per heavy atom. The van der Waals surface area contributed by atoms with Crippen molar-refractivity contribution in [3.63, 3.8) is 0 Å². The number of amides is 1. The Kier molecular flexibility index (Phi) is 5.28. The molecule has 8 rings (SSSR count). The maximum absolute atomic E-state index is 15.0. The summed E-state index contributed by atoms with van der Waals surface area (Å²) in [5.74, 6) is -0.787. The smallest absolute Gasteiger partial charge is 0.329 e. The van der Waals surface area contributed by atoms with Crippen LogP contribution in [0.4, 0.5) is 4.39 Å². The van der Waals surface area contributed by atoms with E-state index in [4.69, 9.17) is 4.74 Å². The van der Waals surface area contributed by atoms with Gasteiger partial charge in [-0.2, -0.15) is 4.39 Å². The Morgan fingerprint density at radius 3 is 2.72 bits per heavy atom. The predicted octanol–water partition coefficient (Wildman–Crippen LogP) is 3.41. The van der Waals surface area contributed by atoms with Crippen molar-refractivity contribution in [2.75, 3.05) is 7.05 Å². The average molecular weight is 530 g/mol. The number of halogens is 1. The first-order valence-corrected chi connectivity index (χ1v) is 13.1. The third-order valence-corrected chi connectivity index (χ3v) is 8.34. The Bertz CT molecular complexity index is 1830. The first-order chi connectivity index (χ1) is 18.9. The molecule has 4 bridgehead atoms. The fraction of sp³-hybridized carbons (Fsp3) is 0.357. The van der Waals surface area contributed by atoms with Gasteiger partial charge in [0.25, 0.3) is 0 Å². The van der Waals surface area contributed by atoms with Crippen LogP contribution in [0, 0.1) is 11.9 Å². The molecule has 6 heterocycles. The molecule has 4 aromatic heterocycles. The Morgan fingerprint density at radius 2 is 2.00 bits per heavy atom. The molecule has 1 unspecified atom stereocenters. The Balaban J connectivity index is 1.58. The first-order valence-electron chi connectivity index (χ1n) is 13.1. The van der Waals surface area contributed by atoms with Gasteiger partial charge in [0.05, 0.1) is 40.5 Å². The summed E-state index contributed by atoms with van der Waals surface area (Å²) in [4.78, 5) is 34.6. The number of nitrogens with zero attached hydrogens (tertiary/aromatic N) is 5. The molecule has 3 aliphatic rings. The molecule has 200 valence electrons. The molecular weight excluding hydrogens is 501 g/mol. The number of rotatable bonds is 2. The van der Waals surface area contributed by atoms with Gasteiger partial charge in [-0.1, -0.05) is 24.3 Å². The van der Waals surface area contributed by atoms with Crippen molar-refractivity contribution in [1.29, 1.82) is 0 Å². The van der Waals surface area contributed by atoms with Crippen molar-refractivity contribution in [3.05, 3.63) is 58.7 Å². The van der Waals surface area contributed by atoms with Crippen molar-refractivity contribution < 1.29 is 13.9 Å². The number of carbonyl (C=O) groups excluding carboxylic acids is 1. The van der Waals surface area contributed by atoms with Crippen LogP contribution in [0.5, 0.6) is 0 Å². The third-order valence-electron chi connectivity index (χ3n) is 8.34. The molecule has 3 atom stereocenters. The van der Waals surface area contributed by atoms with Gasteiger partial charge >= 0.3 is 5.69 Å². The van der Waals surface area contributed by atoms with Crippen LogP contribution in [0.3, 0.4) is 0 Å². The van der Waals surface area contributed by atoms with Crippen molar-refractivity contribution >= 4 is 28.0 Å². The number of imidazole rings is 1. The lowest BCUT2D eigenvalue weighted by molar-refractivity contribution is -0.137. The fourth-order valence-electron chi connectivity index (χ4n) is 6.46. The van der Waals surface area contributed by atoms with Crippen LogP contribution in [0.25, 0.3) is 44.5 Å². The Hall–Kier alpha value is -4.25. The van der Waals surface area contributed by atoms with Crippen molar-refractivity contribution in [2.45, 2.75) is 38.0 Å². The minimum atomic E-state index is -0.613. The van der Waals surface area contributed by atoms with Crippen molar-refractivity contribution in [3.8, 4) is 22.4 Å². The highest BCUT2D eigenvalue weighted by atomic mass is 19.1. The summed E-state index contributed by atoms with van der Waals surface area (Å²) in [5.41, 5.74) is 5.26. The summed E-state index contributed by atoms with van der Waals surface area (Å²) in [6.07, 6.45) is 4.83. The number of aromatic amines is 1. The number of pyridine rings is 1. The SMILES string of the molecule is CNC(=O)C1OCc2ccc(cc2)-c2c(-c3cn(C)nc3F)[nH]c3ncc4c(c23)n(c(=O)n4C)[C@@H]2CC[C@@H]1C2. The van der Waals surface area contributed by atoms with Crippen LogP contribution in [0.1, 0.15) is 30.9 Å². The molecule has 39 heavy (non-hydrogen) atoms. The van der Waals surface area contributed by atoms with E-state index in [2.05, 4.69) is 20.4 Å². The van der Waals surface area contributed by atoms with E-state index in [0.29, 0.717) is 28.8 Å². The van der Waals surface area contributed by atoms with Gasteiger partial charge in [0, 0.05) is 38.9 Å². The van der Waals surface area contributed by atoms with Crippen LogP contribution >= 0.6 is 0 Å². The number of hydrogen-bond donors (Lipinski definition) is 2. The largest absolute Gasteiger partial charge is 0.363 e. The zero-order chi connectivity index (χ0) is 27.0. The normalized spacial score (nSPS) is 20.8. The number of aromatic nitrogens is 6. The van der Waals surface area contributed by atoms with Gasteiger partial charge in [-0.05, 0) is 36.3 Å². The first kappa shape index (κ1) is 23.8. The van der Waals surface area contributed by atoms with E-state index in [1.54, 1.807) is 38.1 Å². The number of hydrogen-bond acceptors (Lipinski definition) is 5. The number of aryl methyl sites for hydroxylation is 2. The topological polar surface area (TPSA) is 112 Å². The average Bonchev–Trinajstić information content (AvgIpc) is 3.69. The number of ether oxygens (including phenoxy) is 1. The quantitative estimate of drug-likeness (QED) is 0.364. The number of benzene rings is 1. The molecule has 1 aromatic carbocycles. The molecule has 0 radical (unpaired) electrons. The van der Waals surface area contributed by atoms with Crippen LogP contribution in [0.2, 0.25) is 0 Å². The van der Waals surface area contributed by atoms with Gasteiger partial charge in [0.2, 0.25) is 11.9 Å². The summed E-state index contributed by atoms with van der Waals surface area (Å²) < 4.78 is 26.2. The third kappa shape index (κ3) is 3.49. The number of likely N-dealkylation sites (N-methyl/N-ethyl adjacent to an activating group) is 1. The van der Waals surface area contributed by atoms with Gasteiger partial charge in [0.15, 0.2) is 0 Å². The predicted molar refractivity (Wildman–Crippen MR) is 143 cm³/mol. The minimum absolute atomic E-state index is 0.0395. The maximum atomic E-state index is 15.0. The van der Waals surface area contributed by atoms with Crippen LogP contribution in [0.15, 0.2) is 41.5 Å². The standard InChI is InChI=1S/C28H28FN7O3/c1-30-27(37)24-16-8-9-17(10-16)36-23-19(35(3)28(36)38)11-31-26-21(23)20(15-6-4-14(5-7-15)13-39-24)22(32-26)18-12-34(2)33-25(18)29/h4-7,11-12,16-17,24H,8-10,13H2,1-3H3,(H,30,37)(H,31,32)/t16-,17-,24?/m1/s1. The van der Waals surface area contributed by atoms with Gasteiger partial charge < -0.3 is 15.0 Å². The molecular formula is C28H28FN7O3. The molecule has 1 amide bonds. The molecule has 2 N–H and O–H groups in total. The monoisotopic (exact) mass is 529 g/mol. The van der Waals surface area contributed by atoms with Crippen LogP contribution in [-0.4, -0.2) is 47.9 Å². The molecule has 0 saturated heterocycles. The minimum Gasteiger partial charge on any atom is -0.363 e. The van der Waals surface area contributed by atoms with Crippen LogP contribution in [-0.2, 0) is 30.2 Å². The van der Waals surface area contributed by atoms with Crippen molar-refractivity contribution in [2.24, 2.45) is 20.0 Å². The van der Waals surface area contributed by atoms with E-state index in [9.17, 15) is 9.59 Å². The van der Waals surface area contributed by atoms with Gasteiger partial charge in [0.1, 0.15) is 11.8 Å². The Labute approximate surface area is 222 Å². The highest BCUT2D eigenvalue weighted by molar-refractivity contribution is 6.14. The molecule has 10 nitrogen and oxygen atoms in total. The number of carbonyl (C=O) groups is 1. The second-order valence-electron chi connectivity index (χ2n) is 10.6. The fourth-order valence-corrected chi connectivity index (χ4v) is 6.46. The highest BCUT2D eigenvalue weighted by Gasteiger charge is 2.38.